The standard InChI is InChI=1S/C13H15Cl2N3O3/c1-8-7-17(4-3-16(8)2)13(19)9-5-10(14)12(15)11(6-9)18(20)21/h5-6,8H,3-4,7H2,1-2H3. The highest BCUT2D eigenvalue weighted by molar-refractivity contribution is 6.43. The average Bonchev–Trinajstić information content (AvgIpc) is 2.43. The lowest BCUT2D eigenvalue weighted by molar-refractivity contribution is -0.384. The number of hydrogen-bond donors (Lipinski definition) is 0. The highest BCUT2D eigenvalue weighted by Gasteiger charge is 2.27. The van der Waals surface area contributed by atoms with Crippen molar-refractivity contribution < 1.29 is 9.72 Å². The van der Waals surface area contributed by atoms with Crippen LogP contribution in [0, 0.1) is 10.1 Å². The molecule has 1 aromatic carbocycles. The van der Waals surface area contributed by atoms with E-state index in [0.29, 0.717) is 13.1 Å². The first-order chi connectivity index (χ1) is 9.81. The molecule has 0 saturated carbocycles. The molecular formula is C13H15Cl2N3O3. The summed E-state index contributed by atoms with van der Waals surface area (Å²) in [6.07, 6.45) is 0. The van der Waals surface area contributed by atoms with Gasteiger partial charge in [-0.2, -0.15) is 0 Å². The Morgan fingerprint density at radius 3 is 2.62 bits per heavy atom. The van der Waals surface area contributed by atoms with Crippen LogP contribution in [-0.2, 0) is 0 Å². The molecule has 1 fully saturated rings. The predicted molar refractivity (Wildman–Crippen MR) is 81.1 cm³/mol. The SMILES string of the molecule is CC1CN(C(=O)c2cc(Cl)c(Cl)c([N+](=O)[O-])c2)CCN1C. The normalized spacial score (nSPS) is 19.6. The van der Waals surface area contributed by atoms with Crippen molar-refractivity contribution in [3.8, 4) is 0 Å². The molecule has 0 aliphatic carbocycles. The van der Waals surface area contributed by atoms with Crippen molar-refractivity contribution in [1.82, 2.24) is 9.80 Å². The van der Waals surface area contributed by atoms with Crippen molar-refractivity contribution in [3.05, 3.63) is 37.9 Å². The minimum Gasteiger partial charge on any atom is -0.336 e. The van der Waals surface area contributed by atoms with Crippen LogP contribution >= 0.6 is 23.2 Å². The Morgan fingerprint density at radius 2 is 2.05 bits per heavy atom. The van der Waals surface area contributed by atoms with E-state index in [2.05, 4.69) is 4.90 Å². The zero-order chi connectivity index (χ0) is 15.7. The largest absolute Gasteiger partial charge is 0.336 e. The zero-order valence-corrected chi connectivity index (χ0v) is 13.2. The van der Waals surface area contributed by atoms with E-state index in [4.69, 9.17) is 23.2 Å². The van der Waals surface area contributed by atoms with Crippen LogP contribution in [0.25, 0.3) is 0 Å². The lowest BCUT2D eigenvalue weighted by Crippen LogP contribution is -2.52. The molecule has 114 valence electrons. The topological polar surface area (TPSA) is 66.7 Å². The van der Waals surface area contributed by atoms with Gasteiger partial charge in [-0.15, -0.1) is 0 Å². The van der Waals surface area contributed by atoms with Gasteiger partial charge in [0.05, 0.1) is 9.95 Å². The summed E-state index contributed by atoms with van der Waals surface area (Å²) in [5, 5.41) is 10.8. The maximum absolute atomic E-state index is 12.5. The molecule has 1 aliphatic rings. The van der Waals surface area contributed by atoms with Crippen LogP contribution in [-0.4, -0.2) is 53.4 Å². The van der Waals surface area contributed by atoms with Crippen LogP contribution in [0.15, 0.2) is 12.1 Å². The second-order valence-electron chi connectivity index (χ2n) is 5.13. The lowest BCUT2D eigenvalue weighted by atomic mass is 10.1. The van der Waals surface area contributed by atoms with Crippen molar-refractivity contribution in [1.29, 1.82) is 0 Å². The predicted octanol–water partition coefficient (Wildman–Crippen LogP) is 2.68. The van der Waals surface area contributed by atoms with Crippen LogP contribution in [0.2, 0.25) is 10.0 Å². The van der Waals surface area contributed by atoms with Gasteiger partial charge in [0.1, 0.15) is 5.02 Å². The number of hydrogen-bond acceptors (Lipinski definition) is 4. The molecule has 0 bridgehead atoms. The third kappa shape index (κ3) is 3.28. The minimum absolute atomic E-state index is 0.0105. The number of piperazine rings is 1. The minimum atomic E-state index is -0.641. The van der Waals surface area contributed by atoms with Crippen molar-refractivity contribution in [3.63, 3.8) is 0 Å². The molecule has 8 heteroatoms. The number of likely N-dealkylation sites (N-methyl/N-ethyl adjacent to an activating group) is 1. The van der Waals surface area contributed by atoms with Crippen LogP contribution in [0.5, 0.6) is 0 Å². The quantitative estimate of drug-likeness (QED) is 0.617. The first kappa shape index (κ1) is 16.0. The molecule has 21 heavy (non-hydrogen) atoms. The highest BCUT2D eigenvalue weighted by Crippen LogP contribution is 2.33. The van der Waals surface area contributed by atoms with Crippen molar-refractivity contribution in [2.24, 2.45) is 0 Å². The summed E-state index contributed by atoms with van der Waals surface area (Å²) in [6.45, 7) is 3.93. The molecule has 1 aliphatic heterocycles. The second-order valence-corrected chi connectivity index (χ2v) is 5.91. The van der Waals surface area contributed by atoms with E-state index in [9.17, 15) is 14.9 Å². The zero-order valence-electron chi connectivity index (χ0n) is 11.7. The van der Waals surface area contributed by atoms with E-state index >= 15 is 0 Å². The summed E-state index contributed by atoms with van der Waals surface area (Å²) < 4.78 is 0. The van der Waals surface area contributed by atoms with Crippen LogP contribution in [0.4, 0.5) is 5.69 Å². The monoisotopic (exact) mass is 331 g/mol. The molecule has 1 aromatic rings. The molecule has 0 aromatic heterocycles. The Kier molecular flexibility index (Phi) is 4.70. The fraction of sp³-hybridized carbons (Fsp3) is 0.462. The van der Waals surface area contributed by atoms with Gasteiger partial charge in [-0.3, -0.25) is 14.9 Å². The molecule has 6 nitrogen and oxygen atoms in total. The van der Waals surface area contributed by atoms with Crippen LogP contribution < -0.4 is 0 Å². The number of nitro groups is 1. The van der Waals surface area contributed by atoms with Gasteiger partial charge in [-0.1, -0.05) is 23.2 Å². The molecule has 0 N–H and O–H groups in total. The van der Waals surface area contributed by atoms with Gasteiger partial charge in [0.15, 0.2) is 0 Å². The number of rotatable bonds is 2. The van der Waals surface area contributed by atoms with Crippen molar-refractivity contribution in [2.75, 3.05) is 26.7 Å². The fourth-order valence-electron chi connectivity index (χ4n) is 2.25. The van der Waals surface area contributed by atoms with E-state index in [1.165, 1.54) is 12.1 Å². The van der Waals surface area contributed by atoms with Crippen molar-refractivity contribution in [2.45, 2.75) is 13.0 Å². The van der Waals surface area contributed by atoms with Gasteiger partial charge in [0, 0.05) is 37.3 Å². The highest BCUT2D eigenvalue weighted by atomic mass is 35.5. The van der Waals surface area contributed by atoms with E-state index in [-0.39, 0.29) is 33.2 Å². The first-order valence-electron chi connectivity index (χ1n) is 6.44. The molecule has 1 saturated heterocycles. The summed E-state index contributed by atoms with van der Waals surface area (Å²) in [7, 11) is 2.00. The van der Waals surface area contributed by atoms with Crippen molar-refractivity contribution >= 4 is 34.8 Å². The molecule has 0 spiro atoms. The third-order valence-corrected chi connectivity index (χ3v) is 4.49. The number of nitrogens with zero attached hydrogens (tertiary/aromatic N) is 3. The maximum Gasteiger partial charge on any atom is 0.290 e. The van der Waals surface area contributed by atoms with Crippen LogP contribution in [0.1, 0.15) is 17.3 Å². The third-order valence-electron chi connectivity index (χ3n) is 3.70. The summed E-state index contributed by atoms with van der Waals surface area (Å²) >= 11 is 11.7. The molecule has 1 amide bonds. The average molecular weight is 332 g/mol. The Bertz CT molecular complexity index is 594. The lowest BCUT2D eigenvalue weighted by Gasteiger charge is -2.37. The maximum atomic E-state index is 12.5. The number of carbonyl (C=O) groups excluding carboxylic acids is 1. The van der Waals surface area contributed by atoms with E-state index in [1.807, 2.05) is 14.0 Å². The van der Waals surface area contributed by atoms with Gasteiger partial charge in [0.2, 0.25) is 0 Å². The summed E-state index contributed by atoms with van der Waals surface area (Å²) in [4.78, 5) is 26.6. The Hall–Kier alpha value is -1.37. The molecular weight excluding hydrogens is 317 g/mol. The van der Waals surface area contributed by atoms with Gasteiger partial charge in [-0.25, -0.2) is 0 Å². The van der Waals surface area contributed by atoms with Gasteiger partial charge in [-0.05, 0) is 20.0 Å². The number of nitro benzene ring substituents is 1. The molecule has 1 heterocycles. The smallest absolute Gasteiger partial charge is 0.290 e. The summed E-state index contributed by atoms with van der Waals surface area (Å²) in [5.41, 5.74) is -0.164. The molecule has 1 unspecified atom stereocenters. The summed E-state index contributed by atoms with van der Waals surface area (Å²) in [6, 6.07) is 2.79. The van der Waals surface area contributed by atoms with E-state index in [1.54, 1.807) is 4.90 Å². The number of carbonyl (C=O) groups is 1. The van der Waals surface area contributed by atoms with E-state index < -0.39 is 4.92 Å². The molecule has 2 rings (SSSR count). The van der Waals surface area contributed by atoms with Gasteiger partial charge < -0.3 is 9.80 Å². The van der Waals surface area contributed by atoms with Crippen LogP contribution in [0.3, 0.4) is 0 Å². The molecule has 1 atom stereocenters. The molecule has 0 radical (unpaired) electrons. The van der Waals surface area contributed by atoms with Gasteiger partial charge in [0.25, 0.3) is 11.6 Å². The number of halogens is 2. The van der Waals surface area contributed by atoms with E-state index in [0.717, 1.165) is 6.54 Å². The fourth-order valence-corrected chi connectivity index (χ4v) is 2.64. The Balaban J connectivity index is 2.30. The second kappa shape index (κ2) is 6.17. The van der Waals surface area contributed by atoms with Gasteiger partial charge >= 0.3 is 0 Å². The number of amides is 1. The Labute approximate surface area is 132 Å². The Morgan fingerprint density at radius 1 is 1.38 bits per heavy atom. The number of benzene rings is 1. The first-order valence-corrected chi connectivity index (χ1v) is 7.19. The summed E-state index contributed by atoms with van der Waals surface area (Å²) in [5.74, 6) is -0.267.